The Balaban J connectivity index is 1.91. The molecule has 0 saturated heterocycles. The molecule has 0 N–H and O–H groups in total. The van der Waals surface area contributed by atoms with Gasteiger partial charge in [-0.15, -0.1) is 0 Å². The van der Waals surface area contributed by atoms with Crippen molar-refractivity contribution in [2.75, 3.05) is 7.11 Å². The van der Waals surface area contributed by atoms with Crippen molar-refractivity contribution in [3.8, 4) is 11.4 Å². The van der Waals surface area contributed by atoms with Gasteiger partial charge in [0, 0.05) is 0 Å². The van der Waals surface area contributed by atoms with Gasteiger partial charge in [-0.1, -0.05) is 36.4 Å². The average molecular weight is 382 g/mol. The summed E-state index contributed by atoms with van der Waals surface area (Å²) in [5, 5.41) is 0.605. The van der Waals surface area contributed by atoms with E-state index in [0.29, 0.717) is 16.7 Å². The number of para-hydroxylation sites is 1. The van der Waals surface area contributed by atoms with E-state index in [1.807, 2.05) is 86.7 Å². The van der Waals surface area contributed by atoms with Gasteiger partial charge in [-0.2, -0.15) is 0 Å². The van der Waals surface area contributed by atoms with Gasteiger partial charge in [0.25, 0.3) is 5.56 Å². The van der Waals surface area contributed by atoms with Gasteiger partial charge in [0.1, 0.15) is 11.6 Å². The number of rotatable bonds is 4. The number of aromatic nitrogens is 2. The quantitative estimate of drug-likeness (QED) is 0.488. The number of aryl methyl sites for hydroxylation is 2. The summed E-state index contributed by atoms with van der Waals surface area (Å²) in [6, 6.07) is 21.3. The number of methoxy groups -OCH3 is 1. The largest absolute Gasteiger partial charge is 0.497 e. The third-order valence-corrected chi connectivity index (χ3v) is 4.81. The first-order chi connectivity index (χ1) is 14.0. The van der Waals surface area contributed by atoms with Crippen LogP contribution >= 0.6 is 0 Å². The van der Waals surface area contributed by atoms with E-state index in [9.17, 15) is 4.79 Å². The summed E-state index contributed by atoms with van der Waals surface area (Å²) >= 11 is 0. The SMILES string of the molecule is COc1ccc(C=Cc2nc3ccccc3c(=O)n2-c2cc(C)cc(C)c2)cc1. The second kappa shape index (κ2) is 7.76. The summed E-state index contributed by atoms with van der Waals surface area (Å²) in [5.41, 5.74) is 4.64. The van der Waals surface area contributed by atoms with Crippen molar-refractivity contribution in [1.82, 2.24) is 9.55 Å². The van der Waals surface area contributed by atoms with Crippen LogP contribution in [-0.2, 0) is 0 Å². The summed E-state index contributed by atoms with van der Waals surface area (Å²) in [6.07, 6.45) is 3.84. The topological polar surface area (TPSA) is 44.1 Å². The molecule has 29 heavy (non-hydrogen) atoms. The van der Waals surface area contributed by atoms with E-state index in [2.05, 4.69) is 6.07 Å². The molecule has 0 amide bonds. The Morgan fingerprint density at radius 3 is 2.28 bits per heavy atom. The van der Waals surface area contributed by atoms with Crippen LogP contribution < -0.4 is 10.3 Å². The lowest BCUT2D eigenvalue weighted by atomic mass is 10.1. The molecule has 144 valence electrons. The van der Waals surface area contributed by atoms with Gasteiger partial charge < -0.3 is 4.74 Å². The number of ether oxygens (including phenoxy) is 1. The molecule has 4 aromatic rings. The van der Waals surface area contributed by atoms with Crippen LogP contribution in [0.5, 0.6) is 5.75 Å². The van der Waals surface area contributed by atoms with E-state index >= 15 is 0 Å². The van der Waals surface area contributed by atoms with E-state index in [1.165, 1.54) is 0 Å². The summed E-state index contributed by atoms with van der Waals surface area (Å²) in [5.74, 6) is 1.40. The zero-order valence-electron chi connectivity index (χ0n) is 16.7. The zero-order chi connectivity index (χ0) is 20.4. The Kier molecular flexibility index (Phi) is 5.00. The van der Waals surface area contributed by atoms with E-state index in [4.69, 9.17) is 9.72 Å². The molecule has 0 aliphatic carbocycles. The van der Waals surface area contributed by atoms with Crippen LogP contribution in [0.3, 0.4) is 0 Å². The van der Waals surface area contributed by atoms with Crippen LogP contribution in [0.15, 0.2) is 71.5 Å². The molecule has 3 aromatic carbocycles. The Labute approximate surface area is 169 Å². The van der Waals surface area contributed by atoms with Crippen LogP contribution in [0.1, 0.15) is 22.5 Å². The number of benzene rings is 3. The predicted octanol–water partition coefficient (Wildman–Crippen LogP) is 5.18. The van der Waals surface area contributed by atoms with Crippen molar-refractivity contribution in [2.24, 2.45) is 0 Å². The minimum Gasteiger partial charge on any atom is -0.497 e. The molecule has 0 bridgehead atoms. The highest BCUT2D eigenvalue weighted by molar-refractivity contribution is 5.80. The first-order valence-electron chi connectivity index (χ1n) is 9.48. The maximum atomic E-state index is 13.3. The molecular formula is C25H22N2O2. The lowest BCUT2D eigenvalue weighted by Gasteiger charge is -2.13. The highest BCUT2D eigenvalue weighted by Crippen LogP contribution is 2.19. The van der Waals surface area contributed by atoms with Crippen LogP contribution in [0.2, 0.25) is 0 Å². The molecule has 0 aliphatic heterocycles. The second-order valence-electron chi connectivity index (χ2n) is 7.08. The maximum Gasteiger partial charge on any atom is 0.266 e. The van der Waals surface area contributed by atoms with Crippen molar-refractivity contribution in [3.05, 3.63) is 99.6 Å². The smallest absolute Gasteiger partial charge is 0.266 e. The molecule has 1 heterocycles. The predicted molar refractivity (Wildman–Crippen MR) is 119 cm³/mol. The van der Waals surface area contributed by atoms with Gasteiger partial charge >= 0.3 is 0 Å². The average Bonchev–Trinajstić information content (AvgIpc) is 2.72. The second-order valence-corrected chi connectivity index (χ2v) is 7.08. The van der Waals surface area contributed by atoms with Gasteiger partial charge in [-0.25, -0.2) is 4.98 Å². The van der Waals surface area contributed by atoms with Crippen LogP contribution in [0, 0.1) is 13.8 Å². The number of hydrogen-bond acceptors (Lipinski definition) is 3. The minimum absolute atomic E-state index is 0.0741. The number of hydrogen-bond donors (Lipinski definition) is 0. The molecule has 0 spiro atoms. The fraction of sp³-hybridized carbons (Fsp3) is 0.120. The lowest BCUT2D eigenvalue weighted by Crippen LogP contribution is -2.22. The highest BCUT2D eigenvalue weighted by Gasteiger charge is 2.11. The first-order valence-corrected chi connectivity index (χ1v) is 9.48. The van der Waals surface area contributed by atoms with Crippen molar-refractivity contribution in [2.45, 2.75) is 13.8 Å². The Bertz CT molecular complexity index is 1250. The molecule has 4 nitrogen and oxygen atoms in total. The molecule has 0 saturated carbocycles. The summed E-state index contributed by atoms with van der Waals surface area (Å²) < 4.78 is 6.90. The van der Waals surface area contributed by atoms with Crippen LogP contribution in [-0.4, -0.2) is 16.7 Å². The minimum atomic E-state index is -0.0741. The Morgan fingerprint density at radius 2 is 1.59 bits per heavy atom. The van der Waals surface area contributed by atoms with Gasteiger partial charge in [0.15, 0.2) is 0 Å². The van der Waals surface area contributed by atoms with Gasteiger partial charge in [0.2, 0.25) is 0 Å². The van der Waals surface area contributed by atoms with E-state index in [0.717, 1.165) is 28.1 Å². The molecule has 0 atom stereocenters. The molecule has 4 rings (SSSR count). The van der Waals surface area contributed by atoms with E-state index < -0.39 is 0 Å². The fourth-order valence-corrected chi connectivity index (χ4v) is 3.48. The molecule has 1 aromatic heterocycles. The number of fused-ring (bicyclic) bond motifs is 1. The fourth-order valence-electron chi connectivity index (χ4n) is 3.48. The van der Waals surface area contributed by atoms with Crippen molar-refractivity contribution in [1.29, 1.82) is 0 Å². The Morgan fingerprint density at radius 1 is 0.897 bits per heavy atom. The van der Waals surface area contributed by atoms with E-state index in [1.54, 1.807) is 11.7 Å². The van der Waals surface area contributed by atoms with E-state index in [-0.39, 0.29) is 5.56 Å². The zero-order valence-corrected chi connectivity index (χ0v) is 16.7. The first kappa shape index (κ1) is 18.7. The molecule has 0 unspecified atom stereocenters. The summed E-state index contributed by atoms with van der Waals surface area (Å²) in [4.78, 5) is 18.1. The normalized spacial score (nSPS) is 11.3. The lowest BCUT2D eigenvalue weighted by molar-refractivity contribution is 0.415. The monoisotopic (exact) mass is 382 g/mol. The third-order valence-electron chi connectivity index (χ3n) is 4.81. The van der Waals surface area contributed by atoms with Crippen molar-refractivity contribution in [3.63, 3.8) is 0 Å². The molecule has 4 heteroatoms. The Hall–Kier alpha value is -3.66. The van der Waals surface area contributed by atoms with Crippen molar-refractivity contribution < 1.29 is 4.74 Å². The van der Waals surface area contributed by atoms with Crippen molar-refractivity contribution >= 4 is 23.1 Å². The standard InChI is InChI=1S/C25H22N2O2/c1-17-14-18(2)16-20(15-17)27-24(13-10-19-8-11-21(29-3)12-9-19)26-23-7-5-4-6-22(23)25(27)28/h4-16H,1-3H3. The van der Waals surface area contributed by atoms with Crippen LogP contribution in [0.25, 0.3) is 28.7 Å². The van der Waals surface area contributed by atoms with Gasteiger partial charge in [-0.3, -0.25) is 9.36 Å². The van der Waals surface area contributed by atoms with Gasteiger partial charge in [0.05, 0.1) is 23.7 Å². The molecular weight excluding hydrogens is 360 g/mol. The maximum absolute atomic E-state index is 13.3. The van der Waals surface area contributed by atoms with Gasteiger partial charge in [-0.05, 0) is 73.0 Å². The summed E-state index contributed by atoms with van der Waals surface area (Å²) in [7, 11) is 1.65. The molecule has 0 radical (unpaired) electrons. The molecule has 0 aliphatic rings. The van der Waals surface area contributed by atoms with Crippen LogP contribution in [0.4, 0.5) is 0 Å². The highest BCUT2D eigenvalue weighted by atomic mass is 16.5. The summed E-state index contributed by atoms with van der Waals surface area (Å²) in [6.45, 7) is 4.06. The molecule has 0 fully saturated rings. The number of nitrogens with zero attached hydrogens (tertiary/aromatic N) is 2. The third kappa shape index (κ3) is 3.83.